The number of rotatable bonds is 3. The van der Waals surface area contributed by atoms with Crippen LogP contribution >= 0.6 is 11.8 Å². The molecule has 130 valence electrons. The van der Waals surface area contributed by atoms with Crippen LogP contribution in [0.2, 0.25) is 0 Å². The highest BCUT2D eigenvalue weighted by atomic mass is 32.2. The van der Waals surface area contributed by atoms with Crippen molar-refractivity contribution in [3.63, 3.8) is 0 Å². The van der Waals surface area contributed by atoms with E-state index in [0.29, 0.717) is 23.8 Å². The smallest absolute Gasteiger partial charge is 0.248 e. The van der Waals surface area contributed by atoms with Crippen molar-refractivity contribution in [3.8, 4) is 0 Å². The number of hydrogen-bond donors (Lipinski definition) is 1. The van der Waals surface area contributed by atoms with E-state index in [4.69, 9.17) is 4.42 Å². The van der Waals surface area contributed by atoms with Crippen molar-refractivity contribution < 1.29 is 14.0 Å². The highest BCUT2D eigenvalue weighted by Gasteiger charge is 2.52. The molecule has 2 unspecified atom stereocenters. The maximum absolute atomic E-state index is 12.7. The number of oxazole rings is 1. The highest BCUT2D eigenvalue weighted by molar-refractivity contribution is 8.01. The van der Waals surface area contributed by atoms with Crippen molar-refractivity contribution in [2.75, 3.05) is 11.1 Å². The minimum Gasteiger partial charge on any atom is -0.440 e. The van der Waals surface area contributed by atoms with Crippen molar-refractivity contribution in [3.05, 3.63) is 24.1 Å². The largest absolute Gasteiger partial charge is 0.440 e. The normalized spacial score (nSPS) is 28.6. The lowest BCUT2D eigenvalue weighted by molar-refractivity contribution is -0.135. The summed E-state index contributed by atoms with van der Waals surface area (Å²) >= 11 is 1.70. The summed E-state index contributed by atoms with van der Waals surface area (Å²) < 4.78 is 5.76. The molecule has 2 atom stereocenters. The molecule has 1 N–H and O–H groups in total. The molecule has 2 aromatic rings. The number of nitrogens with one attached hydrogen (secondary N) is 1. The van der Waals surface area contributed by atoms with Crippen LogP contribution in [0.3, 0.4) is 0 Å². The van der Waals surface area contributed by atoms with E-state index >= 15 is 0 Å². The zero-order chi connectivity index (χ0) is 17.2. The molecule has 2 aliphatic heterocycles. The summed E-state index contributed by atoms with van der Waals surface area (Å²) in [7, 11) is 0. The summed E-state index contributed by atoms with van der Waals surface area (Å²) in [6.07, 6.45) is 3.62. The van der Waals surface area contributed by atoms with Gasteiger partial charge in [0.05, 0.1) is 4.87 Å². The number of carbonyl (C=O) groups excluding carboxylic acids is 2. The van der Waals surface area contributed by atoms with Crippen molar-refractivity contribution in [1.29, 1.82) is 0 Å². The maximum Gasteiger partial charge on any atom is 0.248 e. The number of hydrogen-bond acceptors (Lipinski definition) is 5. The Labute approximate surface area is 149 Å². The predicted octanol–water partition coefficient (Wildman–Crippen LogP) is 3.10. The SMILES string of the molecule is CC12CCC(=O)N1C(C(=O)Nc1ccc3oc(C4CC4)nc3c1)CS2. The lowest BCUT2D eigenvalue weighted by Crippen LogP contribution is -2.48. The quantitative estimate of drug-likeness (QED) is 0.913. The number of fused-ring (bicyclic) bond motifs is 2. The van der Waals surface area contributed by atoms with Gasteiger partial charge < -0.3 is 14.6 Å². The van der Waals surface area contributed by atoms with Crippen LogP contribution in [-0.4, -0.2) is 38.4 Å². The number of amides is 2. The maximum atomic E-state index is 12.7. The molecule has 1 aliphatic carbocycles. The summed E-state index contributed by atoms with van der Waals surface area (Å²) in [5.74, 6) is 1.85. The van der Waals surface area contributed by atoms with Crippen LogP contribution in [0.25, 0.3) is 11.1 Å². The molecule has 7 heteroatoms. The lowest BCUT2D eigenvalue weighted by Gasteiger charge is -2.29. The number of aromatic nitrogens is 1. The monoisotopic (exact) mass is 357 g/mol. The van der Waals surface area contributed by atoms with E-state index in [0.717, 1.165) is 36.3 Å². The van der Waals surface area contributed by atoms with Crippen molar-refractivity contribution in [2.45, 2.75) is 49.4 Å². The topological polar surface area (TPSA) is 75.4 Å². The van der Waals surface area contributed by atoms with Crippen LogP contribution in [0.1, 0.15) is 44.4 Å². The first-order chi connectivity index (χ1) is 12.0. The Morgan fingerprint density at radius 2 is 2.28 bits per heavy atom. The Bertz CT molecular complexity index is 891. The standard InChI is InChI=1S/C18H19N3O3S/c1-18-7-6-15(22)21(18)13(9-25-18)16(23)19-11-4-5-14-12(8-11)20-17(24-14)10-2-3-10/h4-5,8,10,13H,2-3,6-7,9H2,1H3,(H,19,23). The average Bonchev–Trinajstić information content (AvgIpc) is 3.16. The summed E-state index contributed by atoms with van der Waals surface area (Å²) in [5, 5.41) is 2.95. The van der Waals surface area contributed by atoms with E-state index in [1.54, 1.807) is 16.7 Å². The van der Waals surface area contributed by atoms with E-state index < -0.39 is 6.04 Å². The zero-order valence-corrected chi connectivity index (χ0v) is 14.8. The molecular formula is C18H19N3O3S. The van der Waals surface area contributed by atoms with E-state index in [2.05, 4.69) is 17.2 Å². The molecule has 3 fully saturated rings. The molecule has 6 nitrogen and oxygen atoms in total. The third-order valence-corrected chi connectivity index (χ3v) is 6.85. The Balaban J connectivity index is 1.37. The Hall–Kier alpha value is -2.02. The second kappa shape index (κ2) is 5.24. The third-order valence-electron chi connectivity index (χ3n) is 5.35. The van der Waals surface area contributed by atoms with Gasteiger partial charge in [-0.2, -0.15) is 0 Å². The molecular weight excluding hydrogens is 338 g/mol. The van der Waals surface area contributed by atoms with Gasteiger partial charge in [0.2, 0.25) is 11.8 Å². The highest BCUT2D eigenvalue weighted by Crippen LogP contribution is 2.47. The summed E-state index contributed by atoms with van der Waals surface area (Å²) in [4.78, 5) is 31.0. The van der Waals surface area contributed by atoms with Gasteiger partial charge in [0, 0.05) is 23.8 Å². The van der Waals surface area contributed by atoms with E-state index in [1.165, 1.54) is 0 Å². The first-order valence-electron chi connectivity index (χ1n) is 8.71. The molecule has 2 saturated heterocycles. The molecule has 0 spiro atoms. The molecule has 1 aromatic heterocycles. The fourth-order valence-electron chi connectivity index (χ4n) is 3.77. The van der Waals surface area contributed by atoms with E-state index in [-0.39, 0.29) is 16.7 Å². The van der Waals surface area contributed by atoms with Gasteiger partial charge in [-0.25, -0.2) is 4.98 Å². The number of thioether (sulfide) groups is 1. The van der Waals surface area contributed by atoms with Crippen LogP contribution in [-0.2, 0) is 9.59 Å². The fraction of sp³-hybridized carbons (Fsp3) is 0.500. The minimum absolute atomic E-state index is 0.0775. The molecule has 3 aliphatic rings. The van der Waals surface area contributed by atoms with Crippen LogP contribution < -0.4 is 5.32 Å². The predicted molar refractivity (Wildman–Crippen MR) is 95.3 cm³/mol. The second-order valence-corrected chi connectivity index (χ2v) is 8.77. The average molecular weight is 357 g/mol. The summed E-state index contributed by atoms with van der Waals surface area (Å²) in [6, 6.07) is 5.11. The number of nitrogens with zero attached hydrogens (tertiary/aromatic N) is 2. The van der Waals surface area contributed by atoms with Crippen LogP contribution in [0.5, 0.6) is 0 Å². The molecule has 2 amide bonds. The fourth-order valence-corrected chi connectivity index (χ4v) is 5.20. The number of carbonyl (C=O) groups is 2. The Morgan fingerprint density at radius 1 is 1.44 bits per heavy atom. The van der Waals surface area contributed by atoms with Gasteiger partial charge in [-0.3, -0.25) is 9.59 Å². The molecule has 0 radical (unpaired) electrons. The van der Waals surface area contributed by atoms with E-state index in [1.807, 2.05) is 18.2 Å². The van der Waals surface area contributed by atoms with Crippen LogP contribution in [0, 0.1) is 0 Å². The summed E-state index contributed by atoms with van der Waals surface area (Å²) in [5.41, 5.74) is 2.21. The van der Waals surface area contributed by atoms with Crippen molar-refractivity contribution in [2.24, 2.45) is 0 Å². The molecule has 1 aromatic carbocycles. The van der Waals surface area contributed by atoms with Gasteiger partial charge in [0.25, 0.3) is 0 Å². The molecule has 25 heavy (non-hydrogen) atoms. The van der Waals surface area contributed by atoms with Crippen LogP contribution in [0.15, 0.2) is 22.6 Å². The lowest BCUT2D eigenvalue weighted by atomic mass is 10.2. The van der Waals surface area contributed by atoms with Gasteiger partial charge >= 0.3 is 0 Å². The molecule has 0 bridgehead atoms. The molecule has 3 heterocycles. The second-order valence-electron chi connectivity index (χ2n) is 7.26. The molecule has 1 saturated carbocycles. The van der Waals surface area contributed by atoms with Gasteiger partial charge in [0.15, 0.2) is 11.5 Å². The van der Waals surface area contributed by atoms with Crippen LogP contribution in [0.4, 0.5) is 5.69 Å². The van der Waals surface area contributed by atoms with Gasteiger partial charge in [-0.15, -0.1) is 11.8 Å². The Morgan fingerprint density at radius 3 is 3.08 bits per heavy atom. The van der Waals surface area contributed by atoms with Gasteiger partial charge in [0.1, 0.15) is 11.6 Å². The van der Waals surface area contributed by atoms with Crippen molar-refractivity contribution >= 4 is 40.4 Å². The van der Waals surface area contributed by atoms with Crippen molar-refractivity contribution in [1.82, 2.24) is 9.88 Å². The molecule has 5 rings (SSSR count). The van der Waals surface area contributed by atoms with Gasteiger partial charge in [-0.05, 0) is 44.4 Å². The first-order valence-corrected chi connectivity index (χ1v) is 9.69. The summed E-state index contributed by atoms with van der Waals surface area (Å²) in [6.45, 7) is 2.05. The first kappa shape index (κ1) is 15.3. The Kier molecular flexibility index (Phi) is 3.20. The van der Waals surface area contributed by atoms with Gasteiger partial charge in [-0.1, -0.05) is 0 Å². The number of benzene rings is 1. The third kappa shape index (κ3) is 2.44. The number of anilines is 1. The zero-order valence-electron chi connectivity index (χ0n) is 13.9. The van der Waals surface area contributed by atoms with E-state index in [9.17, 15) is 9.59 Å². The minimum atomic E-state index is -0.403.